The lowest BCUT2D eigenvalue weighted by Crippen LogP contribution is -2.74. The van der Waals surface area contributed by atoms with Gasteiger partial charge in [-0.15, -0.1) is 6.42 Å². The Morgan fingerprint density at radius 3 is 2.84 bits per heavy atom. The number of rotatable bonds is 9. The number of piperazine rings is 1. The van der Waals surface area contributed by atoms with Gasteiger partial charge >= 0.3 is 5.97 Å². The molecule has 0 bridgehead atoms. The first-order valence-electron chi connectivity index (χ1n) is 9.98. The first-order valence-corrected chi connectivity index (χ1v) is 9.98. The number of hydrogen-bond donors (Lipinski definition) is 2. The minimum atomic E-state index is -1.04. The highest BCUT2D eigenvalue weighted by molar-refractivity contribution is 5.90. The van der Waals surface area contributed by atoms with E-state index < -0.39 is 18.2 Å². The maximum absolute atomic E-state index is 13.7. The average molecular weight is 432 g/mol. The second kappa shape index (κ2) is 10.3. The van der Waals surface area contributed by atoms with Crippen LogP contribution in [0.1, 0.15) is 18.4 Å². The summed E-state index contributed by atoms with van der Waals surface area (Å²) >= 11 is 0. The SMILES string of the molecule is C#CCN1CC(=O)N2[C@H](CN(CCOCc3ccccc3F)C(=O)[C@@H]2CCC(=O)O)N1. The number of carboxylic acids is 1. The van der Waals surface area contributed by atoms with Crippen molar-refractivity contribution >= 4 is 17.8 Å². The molecule has 0 saturated carbocycles. The Morgan fingerprint density at radius 2 is 2.13 bits per heavy atom. The van der Waals surface area contributed by atoms with Gasteiger partial charge in [-0.2, -0.15) is 0 Å². The standard InChI is InChI=1S/C21H25FN4O5/c1-2-9-25-13-19(27)26-17(7-8-20(28)29)21(30)24(12-18(26)23-25)10-11-31-14-15-5-3-4-6-16(15)22/h1,3-6,17-18,23H,7-14H2,(H,28,29)/t17-,18+/m0/s1. The zero-order valence-electron chi connectivity index (χ0n) is 17.0. The number of benzene rings is 1. The Kier molecular flexibility index (Phi) is 7.57. The molecule has 2 aliphatic heterocycles. The van der Waals surface area contributed by atoms with E-state index in [1.54, 1.807) is 23.2 Å². The van der Waals surface area contributed by atoms with E-state index in [2.05, 4.69) is 11.3 Å². The van der Waals surface area contributed by atoms with Crippen molar-refractivity contribution in [3.8, 4) is 12.3 Å². The van der Waals surface area contributed by atoms with Crippen LogP contribution in [0, 0.1) is 18.2 Å². The largest absolute Gasteiger partial charge is 0.481 e. The van der Waals surface area contributed by atoms with E-state index in [-0.39, 0.29) is 69.9 Å². The number of nitrogens with zero attached hydrogens (tertiary/aromatic N) is 3. The first-order chi connectivity index (χ1) is 14.9. The fourth-order valence-corrected chi connectivity index (χ4v) is 3.79. The van der Waals surface area contributed by atoms with Crippen LogP contribution in [0.4, 0.5) is 4.39 Å². The number of carbonyl (C=O) groups excluding carboxylic acids is 2. The minimum absolute atomic E-state index is 0.00328. The van der Waals surface area contributed by atoms with Crippen LogP contribution in [-0.2, 0) is 25.7 Å². The van der Waals surface area contributed by atoms with E-state index in [0.29, 0.717) is 5.56 Å². The number of nitrogens with one attached hydrogen (secondary N) is 1. The summed E-state index contributed by atoms with van der Waals surface area (Å²) in [7, 11) is 0. The smallest absolute Gasteiger partial charge is 0.303 e. The number of hydrogen-bond acceptors (Lipinski definition) is 6. The Labute approximate surface area is 179 Å². The third-order valence-electron chi connectivity index (χ3n) is 5.24. The monoisotopic (exact) mass is 432 g/mol. The van der Waals surface area contributed by atoms with Crippen molar-refractivity contribution in [3.63, 3.8) is 0 Å². The molecule has 3 rings (SSSR count). The molecular weight excluding hydrogens is 407 g/mol. The maximum atomic E-state index is 13.7. The Hall–Kier alpha value is -3.00. The van der Waals surface area contributed by atoms with Crippen LogP contribution in [0.3, 0.4) is 0 Å². The molecule has 0 aliphatic carbocycles. The van der Waals surface area contributed by atoms with Crippen molar-refractivity contribution in [2.75, 3.05) is 32.8 Å². The second-order valence-corrected chi connectivity index (χ2v) is 7.38. The van der Waals surface area contributed by atoms with Crippen LogP contribution in [-0.4, -0.2) is 82.7 Å². The molecule has 1 aromatic carbocycles. The molecule has 0 unspecified atom stereocenters. The van der Waals surface area contributed by atoms with Crippen molar-refractivity contribution in [1.82, 2.24) is 20.2 Å². The predicted octanol–water partition coefficient (Wildman–Crippen LogP) is 0.0260. The highest BCUT2D eigenvalue weighted by Crippen LogP contribution is 2.23. The predicted molar refractivity (Wildman–Crippen MR) is 107 cm³/mol. The molecule has 0 spiro atoms. The quantitative estimate of drug-likeness (QED) is 0.419. The summed E-state index contributed by atoms with van der Waals surface area (Å²) in [6.45, 7) is 0.892. The Balaban J connectivity index is 1.65. The molecular formula is C21H25FN4O5. The van der Waals surface area contributed by atoms with Crippen molar-refractivity contribution in [3.05, 3.63) is 35.6 Å². The zero-order valence-corrected chi connectivity index (χ0v) is 17.0. The number of hydrazine groups is 1. The maximum Gasteiger partial charge on any atom is 0.303 e. The molecule has 31 heavy (non-hydrogen) atoms. The lowest BCUT2D eigenvalue weighted by Gasteiger charge is -2.50. The fourth-order valence-electron chi connectivity index (χ4n) is 3.79. The van der Waals surface area contributed by atoms with Crippen LogP contribution in [0.15, 0.2) is 24.3 Å². The normalized spacial score (nSPS) is 21.7. The average Bonchev–Trinajstić information content (AvgIpc) is 2.72. The van der Waals surface area contributed by atoms with Gasteiger partial charge in [0, 0.05) is 18.5 Å². The van der Waals surface area contributed by atoms with Crippen molar-refractivity contribution in [2.45, 2.75) is 31.7 Å². The van der Waals surface area contributed by atoms with Crippen molar-refractivity contribution in [2.24, 2.45) is 0 Å². The van der Waals surface area contributed by atoms with E-state index >= 15 is 0 Å². The van der Waals surface area contributed by atoms with Crippen LogP contribution in [0.5, 0.6) is 0 Å². The molecule has 2 atom stereocenters. The van der Waals surface area contributed by atoms with Crippen LogP contribution in [0.25, 0.3) is 0 Å². The summed E-state index contributed by atoms with van der Waals surface area (Å²) in [5, 5.41) is 10.6. The summed E-state index contributed by atoms with van der Waals surface area (Å²) < 4.78 is 19.2. The van der Waals surface area contributed by atoms with Gasteiger partial charge in [0.25, 0.3) is 0 Å². The van der Waals surface area contributed by atoms with Gasteiger partial charge in [0.2, 0.25) is 11.8 Å². The number of fused-ring (bicyclic) bond motifs is 1. The highest BCUT2D eigenvalue weighted by atomic mass is 19.1. The van der Waals surface area contributed by atoms with Gasteiger partial charge in [-0.25, -0.2) is 14.8 Å². The van der Waals surface area contributed by atoms with Crippen LogP contribution < -0.4 is 5.43 Å². The molecule has 2 N–H and O–H groups in total. The number of terminal acetylenes is 1. The summed E-state index contributed by atoms with van der Waals surface area (Å²) in [6.07, 6.45) is 4.60. The molecule has 10 heteroatoms. The number of aliphatic carboxylic acids is 1. The summed E-state index contributed by atoms with van der Waals surface area (Å²) in [6, 6.07) is 5.40. The number of amides is 2. The Morgan fingerprint density at radius 1 is 1.35 bits per heavy atom. The third kappa shape index (κ3) is 5.58. The third-order valence-corrected chi connectivity index (χ3v) is 5.24. The number of halogens is 1. The molecule has 9 nitrogen and oxygen atoms in total. The molecule has 2 aliphatic rings. The summed E-state index contributed by atoms with van der Waals surface area (Å²) in [4.78, 5) is 39.7. The topological polar surface area (TPSA) is 102 Å². The summed E-state index contributed by atoms with van der Waals surface area (Å²) in [5.41, 5.74) is 3.56. The van der Waals surface area contributed by atoms with Gasteiger partial charge in [0.15, 0.2) is 0 Å². The van der Waals surface area contributed by atoms with E-state index in [0.717, 1.165) is 0 Å². The molecule has 0 aromatic heterocycles. The minimum Gasteiger partial charge on any atom is -0.481 e. The van der Waals surface area contributed by atoms with E-state index in [9.17, 15) is 18.8 Å². The number of ether oxygens (including phenoxy) is 1. The molecule has 2 saturated heterocycles. The van der Waals surface area contributed by atoms with Crippen LogP contribution in [0.2, 0.25) is 0 Å². The van der Waals surface area contributed by atoms with Crippen molar-refractivity contribution < 1.29 is 28.6 Å². The van der Waals surface area contributed by atoms with Gasteiger partial charge in [-0.1, -0.05) is 24.1 Å². The lowest BCUT2D eigenvalue weighted by atomic mass is 10.0. The lowest BCUT2D eigenvalue weighted by molar-refractivity contribution is -0.169. The van der Waals surface area contributed by atoms with E-state index in [4.69, 9.17) is 16.3 Å². The van der Waals surface area contributed by atoms with Gasteiger partial charge < -0.3 is 19.6 Å². The molecule has 2 amide bonds. The van der Waals surface area contributed by atoms with Gasteiger partial charge in [0.05, 0.1) is 32.8 Å². The molecule has 1 aromatic rings. The first kappa shape index (κ1) is 22.7. The number of carbonyl (C=O) groups is 3. The van der Waals surface area contributed by atoms with Gasteiger partial charge in [-0.3, -0.25) is 14.4 Å². The Bertz CT molecular complexity index is 874. The highest BCUT2D eigenvalue weighted by Gasteiger charge is 2.45. The second-order valence-electron chi connectivity index (χ2n) is 7.38. The zero-order chi connectivity index (χ0) is 22.4. The molecule has 0 radical (unpaired) electrons. The summed E-state index contributed by atoms with van der Waals surface area (Å²) in [5.74, 6) is 0.462. The van der Waals surface area contributed by atoms with E-state index in [1.165, 1.54) is 15.9 Å². The fraction of sp³-hybridized carbons (Fsp3) is 0.476. The molecule has 166 valence electrons. The van der Waals surface area contributed by atoms with E-state index in [1.807, 2.05) is 0 Å². The van der Waals surface area contributed by atoms with Crippen LogP contribution >= 0.6 is 0 Å². The molecule has 2 fully saturated rings. The van der Waals surface area contributed by atoms with Gasteiger partial charge in [-0.05, 0) is 12.5 Å². The molecule has 2 heterocycles. The number of carboxylic acid groups (broad SMARTS) is 1. The van der Waals surface area contributed by atoms with Crippen molar-refractivity contribution in [1.29, 1.82) is 0 Å². The van der Waals surface area contributed by atoms with Gasteiger partial charge in [0.1, 0.15) is 18.0 Å².